The van der Waals surface area contributed by atoms with Crippen LogP contribution in [0.4, 0.5) is 0 Å². The van der Waals surface area contributed by atoms with E-state index in [9.17, 15) is 13.2 Å². The molecule has 0 spiro atoms. The number of nitrogens with zero attached hydrogens (tertiary/aromatic N) is 2. The standard InChI is InChI=1S/C24H26N2O4S2/c1-18-16-23(19(2)31-18)32(28,29)26-14-12-25(13-15-26)24(27)21-10-8-20(9-11-21)17-30-22-6-4-3-5-7-22/h3-11,16H,12-15,17H2,1-2H3. The van der Waals surface area contributed by atoms with Gasteiger partial charge >= 0.3 is 0 Å². The van der Waals surface area contributed by atoms with Crippen molar-refractivity contribution in [2.24, 2.45) is 0 Å². The van der Waals surface area contributed by atoms with Gasteiger partial charge in [0.15, 0.2) is 0 Å². The molecule has 6 nitrogen and oxygen atoms in total. The van der Waals surface area contributed by atoms with Gasteiger partial charge in [-0.3, -0.25) is 4.79 Å². The van der Waals surface area contributed by atoms with Crippen LogP contribution in [0.5, 0.6) is 5.75 Å². The van der Waals surface area contributed by atoms with E-state index in [1.807, 2.05) is 56.3 Å². The fraction of sp³-hybridized carbons (Fsp3) is 0.292. The monoisotopic (exact) mass is 470 g/mol. The van der Waals surface area contributed by atoms with Crippen molar-refractivity contribution in [3.05, 3.63) is 81.5 Å². The molecule has 32 heavy (non-hydrogen) atoms. The Hall–Kier alpha value is -2.68. The second kappa shape index (κ2) is 9.44. The Kier molecular flexibility index (Phi) is 6.64. The number of benzene rings is 2. The smallest absolute Gasteiger partial charge is 0.253 e. The highest BCUT2D eigenvalue weighted by Gasteiger charge is 2.32. The Morgan fingerprint density at radius 3 is 2.22 bits per heavy atom. The maximum atomic E-state index is 13.0. The van der Waals surface area contributed by atoms with Crippen LogP contribution < -0.4 is 4.74 Å². The first-order valence-electron chi connectivity index (χ1n) is 10.5. The summed E-state index contributed by atoms with van der Waals surface area (Å²) in [4.78, 5) is 16.8. The van der Waals surface area contributed by atoms with Crippen LogP contribution in [-0.2, 0) is 16.6 Å². The van der Waals surface area contributed by atoms with Gasteiger partial charge in [-0.1, -0.05) is 30.3 Å². The van der Waals surface area contributed by atoms with Crippen molar-refractivity contribution in [2.45, 2.75) is 25.3 Å². The van der Waals surface area contributed by atoms with E-state index < -0.39 is 10.0 Å². The molecule has 4 rings (SSSR count). The van der Waals surface area contributed by atoms with Gasteiger partial charge in [-0.2, -0.15) is 4.31 Å². The first kappa shape index (κ1) is 22.5. The lowest BCUT2D eigenvalue weighted by molar-refractivity contribution is 0.0698. The first-order chi connectivity index (χ1) is 15.3. The third-order valence-corrected chi connectivity index (χ3v) is 8.61. The van der Waals surface area contributed by atoms with Gasteiger partial charge in [0.1, 0.15) is 12.4 Å². The summed E-state index contributed by atoms with van der Waals surface area (Å²) in [5, 5.41) is 0. The van der Waals surface area contributed by atoms with Crippen molar-refractivity contribution < 1.29 is 17.9 Å². The van der Waals surface area contributed by atoms with Crippen LogP contribution in [-0.4, -0.2) is 49.7 Å². The van der Waals surface area contributed by atoms with Crippen LogP contribution in [0.15, 0.2) is 65.6 Å². The highest BCUT2D eigenvalue weighted by Crippen LogP contribution is 2.28. The Morgan fingerprint density at radius 1 is 0.969 bits per heavy atom. The van der Waals surface area contributed by atoms with E-state index in [0.29, 0.717) is 43.2 Å². The summed E-state index contributed by atoms with van der Waals surface area (Å²) < 4.78 is 33.2. The Morgan fingerprint density at radius 2 is 1.62 bits per heavy atom. The minimum Gasteiger partial charge on any atom is -0.489 e. The van der Waals surface area contributed by atoms with Crippen molar-refractivity contribution >= 4 is 27.3 Å². The van der Waals surface area contributed by atoms with Gasteiger partial charge in [0, 0.05) is 41.5 Å². The number of sulfonamides is 1. The quantitative estimate of drug-likeness (QED) is 0.544. The first-order valence-corrected chi connectivity index (χ1v) is 12.7. The number of hydrogen-bond donors (Lipinski definition) is 0. The van der Waals surface area contributed by atoms with Crippen LogP contribution in [0.25, 0.3) is 0 Å². The summed E-state index contributed by atoms with van der Waals surface area (Å²) in [7, 11) is -3.53. The molecule has 1 amide bonds. The van der Waals surface area contributed by atoms with E-state index in [1.165, 1.54) is 15.6 Å². The number of carbonyl (C=O) groups excluding carboxylic acids is 1. The molecule has 0 saturated carbocycles. The van der Waals surface area contributed by atoms with Crippen LogP contribution in [0.3, 0.4) is 0 Å². The minimum absolute atomic E-state index is 0.0832. The fourth-order valence-electron chi connectivity index (χ4n) is 3.74. The zero-order valence-corrected chi connectivity index (χ0v) is 19.8. The zero-order chi connectivity index (χ0) is 22.7. The van der Waals surface area contributed by atoms with Crippen molar-refractivity contribution in [1.82, 2.24) is 9.21 Å². The molecular formula is C24H26N2O4S2. The summed E-state index contributed by atoms with van der Waals surface area (Å²) in [5.74, 6) is 0.716. The van der Waals surface area contributed by atoms with Gasteiger partial charge in [0.25, 0.3) is 5.91 Å². The molecule has 1 aliphatic heterocycles. The molecule has 8 heteroatoms. The molecule has 0 bridgehead atoms. The van der Waals surface area contributed by atoms with Gasteiger partial charge in [-0.25, -0.2) is 8.42 Å². The SMILES string of the molecule is Cc1cc(S(=O)(=O)N2CCN(C(=O)c3ccc(COc4ccccc4)cc3)CC2)c(C)s1. The minimum atomic E-state index is -3.53. The van der Waals surface area contributed by atoms with E-state index in [-0.39, 0.29) is 5.91 Å². The number of rotatable bonds is 6. The second-order valence-corrected chi connectivity index (χ2v) is 11.1. The van der Waals surface area contributed by atoms with Crippen molar-refractivity contribution in [2.75, 3.05) is 26.2 Å². The van der Waals surface area contributed by atoms with Crippen LogP contribution in [0.2, 0.25) is 0 Å². The number of aryl methyl sites for hydroxylation is 2. The summed E-state index contributed by atoms with van der Waals surface area (Å²) >= 11 is 1.49. The summed E-state index contributed by atoms with van der Waals surface area (Å²) in [6.45, 7) is 5.51. The molecule has 3 aromatic rings. The molecule has 0 N–H and O–H groups in total. The Balaban J connectivity index is 1.34. The molecule has 1 aromatic heterocycles. The molecule has 1 saturated heterocycles. The van der Waals surface area contributed by atoms with Gasteiger partial charge in [0.2, 0.25) is 10.0 Å². The van der Waals surface area contributed by atoms with Crippen LogP contribution in [0.1, 0.15) is 25.7 Å². The molecule has 1 fully saturated rings. The lowest BCUT2D eigenvalue weighted by atomic mass is 10.1. The third-order valence-electron chi connectivity index (χ3n) is 5.49. The molecule has 2 heterocycles. The lowest BCUT2D eigenvalue weighted by Crippen LogP contribution is -2.50. The maximum Gasteiger partial charge on any atom is 0.253 e. The van der Waals surface area contributed by atoms with Gasteiger partial charge in [-0.05, 0) is 49.7 Å². The number of ether oxygens (including phenoxy) is 1. The summed E-state index contributed by atoms with van der Waals surface area (Å²) in [6.07, 6.45) is 0. The Labute approximate surface area is 193 Å². The predicted molar refractivity (Wildman–Crippen MR) is 126 cm³/mol. The number of carbonyl (C=O) groups is 1. The summed E-state index contributed by atoms with van der Waals surface area (Å²) in [6, 6.07) is 18.7. The largest absolute Gasteiger partial charge is 0.489 e. The molecule has 0 atom stereocenters. The van der Waals surface area contributed by atoms with E-state index in [2.05, 4.69) is 0 Å². The van der Waals surface area contributed by atoms with Gasteiger partial charge in [-0.15, -0.1) is 11.3 Å². The average Bonchev–Trinajstić information content (AvgIpc) is 3.17. The predicted octanol–water partition coefficient (Wildman–Crippen LogP) is 4.09. The maximum absolute atomic E-state index is 13.0. The Bertz CT molecular complexity index is 1180. The van der Waals surface area contributed by atoms with E-state index >= 15 is 0 Å². The zero-order valence-electron chi connectivity index (χ0n) is 18.2. The molecule has 0 radical (unpaired) electrons. The molecule has 1 aliphatic rings. The lowest BCUT2D eigenvalue weighted by Gasteiger charge is -2.34. The molecule has 168 valence electrons. The van der Waals surface area contributed by atoms with Crippen molar-refractivity contribution in [1.29, 1.82) is 0 Å². The third kappa shape index (κ3) is 4.87. The molecule has 2 aromatic carbocycles. The van der Waals surface area contributed by atoms with Crippen LogP contribution in [0, 0.1) is 13.8 Å². The fourth-order valence-corrected chi connectivity index (χ4v) is 6.69. The van der Waals surface area contributed by atoms with E-state index in [4.69, 9.17) is 4.74 Å². The normalized spacial score (nSPS) is 15.0. The topological polar surface area (TPSA) is 66.9 Å². The average molecular weight is 471 g/mol. The van der Waals surface area contributed by atoms with Gasteiger partial charge in [0.05, 0.1) is 4.90 Å². The van der Waals surface area contributed by atoms with Crippen molar-refractivity contribution in [3.8, 4) is 5.75 Å². The molecule has 0 unspecified atom stereocenters. The highest BCUT2D eigenvalue weighted by atomic mass is 32.2. The van der Waals surface area contributed by atoms with E-state index in [1.54, 1.807) is 23.1 Å². The highest BCUT2D eigenvalue weighted by molar-refractivity contribution is 7.89. The number of thiophene rings is 1. The molecular weight excluding hydrogens is 444 g/mol. The second-order valence-electron chi connectivity index (χ2n) is 7.77. The number of piperazine rings is 1. The number of amides is 1. The summed E-state index contributed by atoms with van der Waals surface area (Å²) in [5.41, 5.74) is 1.57. The van der Waals surface area contributed by atoms with Crippen LogP contribution >= 0.6 is 11.3 Å². The number of para-hydroxylation sites is 1. The van der Waals surface area contributed by atoms with E-state index in [0.717, 1.165) is 21.1 Å². The van der Waals surface area contributed by atoms with Gasteiger partial charge < -0.3 is 9.64 Å². The molecule has 0 aliphatic carbocycles. The van der Waals surface area contributed by atoms with Crippen molar-refractivity contribution in [3.63, 3.8) is 0 Å². The number of hydrogen-bond acceptors (Lipinski definition) is 5.